The van der Waals surface area contributed by atoms with Gasteiger partial charge in [0.1, 0.15) is 6.61 Å². The third-order valence-electron chi connectivity index (χ3n) is 8.86. The van der Waals surface area contributed by atoms with Crippen LogP contribution in [0.1, 0.15) is 78.1 Å². The molecule has 128 valence electrons. The molecule has 0 aromatic carbocycles. The maximum Gasteiger partial charge on any atom is 0.107 e. The lowest BCUT2D eigenvalue weighted by Gasteiger charge is -2.60. The zero-order valence-corrected chi connectivity index (χ0v) is 15.2. The van der Waals surface area contributed by atoms with Crippen LogP contribution in [0.25, 0.3) is 0 Å². The summed E-state index contributed by atoms with van der Waals surface area (Å²) in [5.41, 5.74) is 1.05. The van der Waals surface area contributed by atoms with Crippen LogP contribution in [-0.4, -0.2) is 12.7 Å². The van der Waals surface area contributed by atoms with E-state index in [2.05, 4.69) is 19.8 Å². The SMILES string of the molecule is C#CCOC1CC[C@H]2[C@@H]3CCC4CCCC[C@]4(C)[C@@H]3CC[C@]12C. The van der Waals surface area contributed by atoms with E-state index in [4.69, 9.17) is 11.2 Å². The van der Waals surface area contributed by atoms with Gasteiger partial charge < -0.3 is 4.74 Å². The van der Waals surface area contributed by atoms with Crippen molar-refractivity contribution in [3.63, 3.8) is 0 Å². The summed E-state index contributed by atoms with van der Waals surface area (Å²) in [6, 6.07) is 0. The van der Waals surface area contributed by atoms with Crippen LogP contribution in [0.4, 0.5) is 0 Å². The summed E-state index contributed by atoms with van der Waals surface area (Å²) in [4.78, 5) is 0. The van der Waals surface area contributed by atoms with Gasteiger partial charge in [-0.3, -0.25) is 0 Å². The molecule has 1 nitrogen and oxygen atoms in total. The molecule has 0 amide bonds. The van der Waals surface area contributed by atoms with Crippen LogP contribution in [0.2, 0.25) is 0 Å². The Morgan fingerprint density at radius 1 is 0.913 bits per heavy atom. The Bertz CT molecular complexity index is 491. The average molecular weight is 315 g/mol. The maximum atomic E-state index is 6.10. The molecule has 4 fully saturated rings. The van der Waals surface area contributed by atoms with Crippen molar-refractivity contribution in [1.82, 2.24) is 0 Å². The van der Waals surface area contributed by atoms with Gasteiger partial charge in [0.05, 0.1) is 6.10 Å². The van der Waals surface area contributed by atoms with Crippen molar-refractivity contribution in [3.05, 3.63) is 0 Å². The van der Waals surface area contributed by atoms with Gasteiger partial charge in [-0.2, -0.15) is 0 Å². The highest BCUT2D eigenvalue weighted by Gasteiger charge is 2.59. The number of hydrogen-bond donors (Lipinski definition) is 0. The maximum absolute atomic E-state index is 6.10. The molecular formula is C22H34O. The molecule has 4 aliphatic carbocycles. The first-order valence-electron chi connectivity index (χ1n) is 10.1. The van der Waals surface area contributed by atoms with E-state index in [1.807, 2.05) is 0 Å². The summed E-state index contributed by atoms with van der Waals surface area (Å²) in [7, 11) is 0. The Hall–Kier alpha value is -0.480. The first-order valence-corrected chi connectivity index (χ1v) is 10.1. The van der Waals surface area contributed by atoms with Crippen molar-refractivity contribution in [2.24, 2.45) is 34.5 Å². The minimum Gasteiger partial charge on any atom is -0.365 e. The molecule has 4 saturated carbocycles. The molecule has 4 aliphatic rings. The molecular weight excluding hydrogens is 280 g/mol. The van der Waals surface area contributed by atoms with E-state index in [9.17, 15) is 0 Å². The molecule has 4 rings (SSSR count). The number of terminal acetylenes is 1. The smallest absolute Gasteiger partial charge is 0.107 e. The molecule has 0 bridgehead atoms. The minimum absolute atomic E-state index is 0.399. The molecule has 2 unspecified atom stereocenters. The molecule has 0 aromatic heterocycles. The van der Waals surface area contributed by atoms with E-state index in [0.717, 1.165) is 23.7 Å². The standard InChI is InChI=1S/C22H34O/c1-4-15-23-20-11-10-18-17-9-8-16-7-5-6-13-21(16,2)19(17)12-14-22(18,20)3/h1,16-20H,5-15H2,2-3H3/t16?,17-,18-,19+,20?,21-,22-/m0/s1. The van der Waals surface area contributed by atoms with Gasteiger partial charge >= 0.3 is 0 Å². The van der Waals surface area contributed by atoms with E-state index >= 15 is 0 Å². The van der Waals surface area contributed by atoms with Crippen molar-refractivity contribution >= 4 is 0 Å². The normalized spacial score (nSPS) is 52.1. The molecule has 0 saturated heterocycles. The van der Waals surface area contributed by atoms with Crippen LogP contribution in [0.15, 0.2) is 0 Å². The Kier molecular flexibility index (Phi) is 4.04. The summed E-state index contributed by atoms with van der Waals surface area (Å²) >= 11 is 0. The predicted octanol–water partition coefficient (Wildman–Crippen LogP) is 5.44. The van der Waals surface area contributed by atoms with E-state index in [1.165, 1.54) is 64.2 Å². The monoisotopic (exact) mass is 314 g/mol. The van der Waals surface area contributed by atoms with Gasteiger partial charge in [0.2, 0.25) is 0 Å². The van der Waals surface area contributed by atoms with Crippen molar-refractivity contribution in [1.29, 1.82) is 0 Å². The largest absolute Gasteiger partial charge is 0.365 e. The Morgan fingerprint density at radius 2 is 1.74 bits per heavy atom. The van der Waals surface area contributed by atoms with Gasteiger partial charge in [-0.25, -0.2) is 0 Å². The lowest BCUT2D eigenvalue weighted by atomic mass is 9.45. The quantitative estimate of drug-likeness (QED) is 0.617. The highest BCUT2D eigenvalue weighted by Crippen LogP contribution is 2.66. The van der Waals surface area contributed by atoms with Crippen molar-refractivity contribution < 1.29 is 4.74 Å². The molecule has 0 aromatic rings. The summed E-state index contributed by atoms with van der Waals surface area (Å²) < 4.78 is 6.10. The lowest BCUT2D eigenvalue weighted by Crippen LogP contribution is -2.53. The lowest BCUT2D eigenvalue weighted by molar-refractivity contribution is -0.127. The van der Waals surface area contributed by atoms with Crippen LogP contribution >= 0.6 is 0 Å². The number of ether oxygens (including phenoxy) is 1. The van der Waals surface area contributed by atoms with E-state index in [0.29, 0.717) is 23.5 Å². The van der Waals surface area contributed by atoms with Crippen LogP contribution in [0.5, 0.6) is 0 Å². The molecule has 0 N–H and O–H groups in total. The van der Waals surface area contributed by atoms with E-state index in [-0.39, 0.29) is 0 Å². The van der Waals surface area contributed by atoms with Crippen LogP contribution in [0.3, 0.4) is 0 Å². The molecule has 0 heterocycles. The highest BCUT2D eigenvalue weighted by atomic mass is 16.5. The third-order valence-corrected chi connectivity index (χ3v) is 8.86. The molecule has 0 aliphatic heterocycles. The average Bonchev–Trinajstić information content (AvgIpc) is 2.89. The number of hydrogen-bond acceptors (Lipinski definition) is 1. The number of rotatable bonds is 2. The Labute approximate surface area is 142 Å². The topological polar surface area (TPSA) is 9.23 Å². The zero-order chi connectivity index (χ0) is 16.1. The van der Waals surface area contributed by atoms with Gasteiger partial charge in [0.15, 0.2) is 0 Å². The van der Waals surface area contributed by atoms with Gasteiger partial charge in [-0.1, -0.05) is 32.6 Å². The second-order valence-electron chi connectivity index (χ2n) is 9.53. The molecule has 0 spiro atoms. The predicted molar refractivity (Wildman–Crippen MR) is 94.9 cm³/mol. The molecule has 23 heavy (non-hydrogen) atoms. The van der Waals surface area contributed by atoms with E-state index < -0.39 is 0 Å². The van der Waals surface area contributed by atoms with Gasteiger partial charge in [-0.05, 0) is 85.9 Å². The first kappa shape index (κ1) is 16.0. The summed E-state index contributed by atoms with van der Waals surface area (Å²) in [5, 5.41) is 0. The number of fused-ring (bicyclic) bond motifs is 5. The third kappa shape index (κ3) is 2.31. The Morgan fingerprint density at radius 3 is 2.57 bits per heavy atom. The van der Waals surface area contributed by atoms with Crippen LogP contribution in [0, 0.1) is 46.8 Å². The van der Waals surface area contributed by atoms with Crippen molar-refractivity contribution in [2.75, 3.05) is 6.61 Å². The fourth-order valence-electron chi connectivity index (χ4n) is 7.67. The minimum atomic E-state index is 0.399. The molecule has 0 radical (unpaired) electrons. The van der Waals surface area contributed by atoms with Gasteiger partial charge in [-0.15, -0.1) is 6.42 Å². The van der Waals surface area contributed by atoms with Gasteiger partial charge in [0.25, 0.3) is 0 Å². The van der Waals surface area contributed by atoms with E-state index in [1.54, 1.807) is 0 Å². The van der Waals surface area contributed by atoms with Crippen LogP contribution < -0.4 is 0 Å². The second-order valence-corrected chi connectivity index (χ2v) is 9.53. The summed E-state index contributed by atoms with van der Waals surface area (Å²) in [6.45, 7) is 5.69. The van der Waals surface area contributed by atoms with Crippen molar-refractivity contribution in [3.8, 4) is 12.3 Å². The first-order chi connectivity index (χ1) is 11.1. The Balaban J connectivity index is 1.57. The summed E-state index contributed by atoms with van der Waals surface area (Å²) in [6.07, 6.45) is 20.3. The van der Waals surface area contributed by atoms with Gasteiger partial charge in [0, 0.05) is 0 Å². The highest BCUT2D eigenvalue weighted by molar-refractivity contribution is 5.09. The fourth-order valence-corrected chi connectivity index (χ4v) is 7.67. The molecule has 7 atom stereocenters. The van der Waals surface area contributed by atoms with Crippen molar-refractivity contribution in [2.45, 2.75) is 84.2 Å². The second kappa shape index (κ2) is 5.80. The summed E-state index contributed by atoms with van der Waals surface area (Å²) in [5.74, 6) is 6.56. The zero-order valence-electron chi connectivity index (χ0n) is 15.2. The van der Waals surface area contributed by atoms with Crippen LogP contribution in [-0.2, 0) is 4.74 Å². The molecule has 1 heteroatoms. The fraction of sp³-hybridized carbons (Fsp3) is 0.909.